The molecule has 2 saturated heterocycles. The summed E-state index contributed by atoms with van der Waals surface area (Å²) >= 11 is 0. The average Bonchev–Trinajstić information content (AvgIpc) is 3.23. The smallest absolute Gasteiger partial charge is 0.410 e. The zero-order valence-corrected chi connectivity index (χ0v) is 26.9. The van der Waals surface area contributed by atoms with Crippen LogP contribution in [0.1, 0.15) is 45.6 Å². The van der Waals surface area contributed by atoms with E-state index in [1.165, 1.54) is 0 Å². The van der Waals surface area contributed by atoms with Gasteiger partial charge in [-0.15, -0.1) is 0 Å². The standard InChI is InChI=1S/C35H42FN5O4/c1-21-16-28-31(30(36)29(21)27-18-25(42)17-22-10-7-8-11-26(22)27)37-33(44-15-9-14-39(5)6)38-32(28)40-19-23-12-13-24(20-40)41(23)34(43)45-35(2,3)4/h7-8,10-11,16-18,23-24,42H,9,12-15,19-20H2,1-6H3/t23-,24+. The Morgan fingerprint density at radius 3 is 2.47 bits per heavy atom. The quantitative estimate of drug-likeness (QED) is 0.235. The molecule has 0 saturated carbocycles. The van der Waals surface area contributed by atoms with Crippen LogP contribution < -0.4 is 9.64 Å². The topological polar surface area (TPSA) is 91.3 Å². The number of hydrogen-bond donors (Lipinski definition) is 1. The van der Waals surface area contributed by atoms with Crippen LogP contribution in [0.25, 0.3) is 32.8 Å². The molecule has 2 aliphatic rings. The second-order valence-electron chi connectivity index (χ2n) is 13.5. The number of ether oxygens (including phenoxy) is 2. The van der Waals surface area contributed by atoms with Crippen LogP contribution in [0.2, 0.25) is 0 Å². The second-order valence-corrected chi connectivity index (χ2v) is 13.5. The first-order valence-electron chi connectivity index (χ1n) is 15.7. The number of fused-ring (bicyclic) bond motifs is 4. The summed E-state index contributed by atoms with van der Waals surface area (Å²) in [7, 11) is 4.00. The van der Waals surface area contributed by atoms with E-state index < -0.39 is 11.4 Å². The molecule has 9 nitrogen and oxygen atoms in total. The van der Waals surface area contributed by atoms with Gasteiger partial charge in [0.2, 0.25) is 0 Å². The third-order valence-corrected chi connectivity index (χ3v) is 8.57. The minimum Gasteiger partial charge on any atom is -0.508 e. The summed E-state index contributed by atoms with van der Waals surface area (Å²) in [5.74, 6) is 0.171. The van der Waals surface area contributed by atoms with Gasteiger partial charge in [-0.05, 0) is 101 Å². The van der Waals surface area contributed by atoms with Gasteiger partial charge < -0.3 is 24.4 Å². The molecule has 3 aromatic carbocycles. The first-order chi connectivity index (χ1) is 21.4. The van der Waals surface area contributed by atoms with Crippen LogP contribution in [0.15, 0.2) is 42.5 Å². The van der Waals surface area contributed by atoms with Gasteiger partial charge in [-0.3, -0.25) is 4.90 Å². The maximum absolute atomic E-state index is 16.9. The summed E-state index contributed by atoms with van der Waals surface area (Å²) < 4.78 is 28.6. The largest absolute Gasteiger partial charge is 0.508 e. The Kier molecular flexibility index (Phi) is 8.20. The van der Waals surface area contributed by atoms with Crippen molar-refractivity contribution < 1.29 is 23.8 Å². The van der Waals surface area contributed by atoms with E-state index in [4.69, 9.17) is 14.5 Å². The molecule has 4 aromatic rings. The van der Waals surface area contributed by atoms with Crippen molar-refractivity contribution in [3.8, 4) is 22.9 Å². The number of aryl methyl sites for hydroxylation is 1. The zero-order chi connectivity index (χ0) is 32.0. The Balaban J connectivity index is 1.44. The number of phenolic OH excluding ortho intramolecular Hbond substituents is 1. The molecule has 0 radical (unpaired) electrons. The molecule has 2 atom stereocenters. The van der Waals surface area contributed by atoms with Crippen molar-refractivity contribution in [1.29, 1.82) is 0 Å². The molecule has 10 heteroatoms. The molecule has 3 heterocycles. The number of amides is 1. The van der Waals surface area contributed by atoms with Gasteiger partial charge in [-0.25, -0.2) is 9.18 Å². The van der Waals surface area contributed by atoms with Gasteiger partial charge in [0.25, 0.3) is 0 Å². The molecule has 2 bridgehead atoms. The molecule has 0 spiro atoms. The van der Waals surface area contributed by atoms with E-state index in [1.807, 2.05) is 77.0 Å². The van der Waals surface area contributed by atoms with Gasteiger partial charge in [0.05, 0.1) is 18.7 Å². The Morgan fingerprint density at radius 1 is 1.07 bits per heavy atom. The Labute approximate surface area is 263 Å². The lowest BCUT2D eigenvalue weighted by atomic mass is 9.93. The lowest BCUT2D eigenvalue weighted by Gasteiger charge is -2.42. The SMILES string of the molecule is Cc1cc2c(N3C[C@H]4CC[C@@H](C3)N4C(=O)OC(C)(C)C)nc(OCCCN(C)C)nc2c(F)c1-c1cc(O)cc2ccccc12. The van der Waals surface area contributed by atoms with Crippen LogP contribution in [-0.2, 0) is 4.74 Å². The van der Waals surface area contributed by atoms with Crippen molar-refractivity contribution in [1.82, 2.24) is 19.8 Å². The van der Waals surface area contributed by atoms with Crippen LogP contribution in [0.3, 0.4) is 0 Å². The Morgan fingerprint density at radius 2 is 1.78 bits per heavy atom. The highest BCUT2D eigenvalue weighted by Crippen LogP contribution is 2.42. The van der Waals surface area contributed by atoms with Crippen molar-refractivity contribution in [2.45, 2.75) is 64.6 Å². The minimum atomic E-state index is -0.580. The number of halogens is 1. The van der Waals surface area contributed by atoms with Crippen LogP contribution in [-0.4, -0.2) is 89.0 Å². The molecule has 238 valence electrons. The monoisotopic (exact) mass is 615 g/mol. The van der Waals surface area contributed by atoms with E-state index in [0.29, 0.717) is 47.6 Å². The summed E-state index contributed by atoms with van der Waals surface area (Å²) in [6.45, 7) is 9.80. The van der Waals surface area contributed by atoms with Crippen molar-refractivity contribution in [3.05, 3.63) is 53.8 Å². The lowest BCUT2D eigenvalue weighted by Crippen LogP contribution is -2.57. The maximum Gasteiger partial charge on any atom is 0.410 e. The predicted octanol–water partition coefficient (Wildman–Crippen LogP) is 6.52. The molecule has 2 fully saturated rings. The third-order valence-electron chi connectivity index (χ3n) is 8.57. The molecule has 1 amide bonds. The fourth-order valence-corrected chi connectivity index (χ4v) is 6.69. The number of aromatic hydroxyl groups is 1. The highest BCUT2D eigenvalue weighted by Gasteiger charge is 2.45. The lowest BCUT2D eigenvalue weighted by molar-refractivity contribution is 0.0122. The molecule has 6 rings (SSSR count). The molecular formula is C35H42FN5O4. The van der Waals surface area contributed by atoms with Crippen LogP contribution >= 0.6 is 0 Å². The Hall–Kier alpha value is -4.18. The number of carbonyl (C=O) groups excluding carboxylic acids is 1. The number of phenols is 1. The molecule has 45 heavy (non-hydrogen) atoms. The average molecular weight is 616 g/mol. The van der Waals surface area contributed by atoms with E-state index in [9.17, 15) is 9.90 Å². The van der Waals surface area contributed by atoms with Crippen molar-refractivity contribution in [3.63, 3.8) is 0 Å². The summed E-state index contributed by atoms with van der Waals surface area (Å²) in [5.41, 5.74) is 1.27. The summed E-state index contributed by atoms with van der Waals surface area (Å²) in [5, 5.41) is 12.8. The van der Waals surface area contributed by atoms with E-state index in [-0.39, 0.29) is 35.5 Å². The number of benzene rings is 3. The molecule has 0 aliphatic carbocycles. The van der Waals surface area contributed by atoms with Crippen LogP contribution in [0.4, 0.5) is 15.0 Å². The maximum atomic E-state index is 16.9. The molecule has 2 aliphatic heterocycles. The van der Waals surface area contributed by atoms with Crippen LogP contribution in [0.5, 0.6) is 11.8 Å². The number of anilines is 1. The van der Waals surface area contributed by atoms with Gasteiger partial charge >= 0.3 is 12.1 Å². The summed E-state index contributed by atoms with van der Waals surface area (Å²) in [4.78, 5) is 28.7. The number of carbonyl (C=O) groups is 1. The summed E-state index contributed by atoms with van der Waals surface area (Å²) in [6, 6.07) is 12.9. The highest BCUT2D eigenvalue weighted by molar-refractivity contribution is 6.02. The number of piperazine rings is 1. The minimum absolute atomic E-state index is 0.0445. The second kappa shape index (κ2) is 12.0. The predicted molar refractivity (Wildman–Crippen MR) is 175 cm³/mol. The molecular weight excluding hydrogens is 573 g/mol. The zero-order valence-electron chi connectivity index (χ0n) is 26.9. The molecule has 1 aromatic heterocycles. The van der Waals surface area contributed by atoms with Crippen molar-refractivity contribution >= 4 is 33.6 Å². The first kappa shape index (κ1) is 30.8. The Bertz CT molecular complexity index is 1740. The van der Waals surface area contributed by atoms with E-state index in [0.717, 1.165) is 36.6 Å². The summed E-state index contributed by atoms with van der Waals surface area (Å²) in [6.07, 6.45) is 2.19. The van der Waals surface area contributed by atoms with Crippen molar-refractivity contribution in [2.24, 2.45) is 0 Å². The number of aromatic nitrogens is 2. The van der Waals surface area contributed by atoms with Crippen LogP contribution in [0, 0.1) is 12.7 Å². The van der Waals surface area contributed by atoms with Gasteiger partial charge in [0.1, 0.15) is 22.7 Å². The third kappa shape index (κ3) is 6.20. The molecule has 1 N–H and O–H groups in total. The van der Waals surface area contributed by atoms with E-state index in [2.05, 4.69) is 14.8 Å². The van der Waals surface area contributed by atoms with Gasteiger partial charge in [-0.1, -0.05) is 24.3 Å². The first-order valence-corrected chi connectivity index (χ1v) is 15.7. The fourth-order valence-electron chi connectivity index (χ4n) is 6.69. The number of rotatable bonds is 7. The van der Waals surface area contributed by atoms with Gasteiger partial charge in [-0.2, -0.15) is 9.97 Å². The molecule has 0 unspecified atom stereocenters. The van der Waals surface area contributed by atoms with E-state index in [1.54, 1.807) is 12.1 Å². The number of hydrogen-bond acceptors (Lipinski definition) is 8. The van der Waals surface area contributed by atoms with Gasteiger partial charge in [0, 0.05) is 30.6 Å². The fraction of sp³-hybridized carbons (Fsp3) is 0.457. The highest BCUT2D eigenvalue weighted by atomic mass is 19.1. The normalized spacial score (nSPS) is 18.3. The number of nitrogens with zero attached hydrogens (tertiary/aromatic N) is 5. The van der Waals surface area contributed by atoms with Crippen molar-refractivity contribution in [2.75, 3.05) is 45.2 Å². The van der Waals surface area contributed by atoms with Gasteiger partial charge in [0.15, 0.2) is 5.82 Å². The van der Waals surface area contributed by atoms with E-state index >= 15 is 4.39 Å².